The quantitative estimate of drug-likeness (QED) is 0.738. The Morgan fingerprint density at radius 2 is 1.79 bits per heavy atom. The summed E-state index contributed by atoms with van der Waals surface area (Å²) in [7, 11) is 1.78. The Bertz CT molecular complexity index is 825. The third kappa shape index (κ3) is 5.12. The zero-order chi connectivity index (χ0) is 20.1. The molecule has 5 nitrogen and oxygen atoms in total. The number of rotatable bonds is 7. The number of aryl methyl sites for hydroxylation is 2. The molecule has 1 fully saturated rings. The second-order valence-corrected chi connectivity index (χ2v) is 7.51. The fourth-order valence-electron chi connectivity index (χ4n) is 3.48. The van der Waals surface area contributed by atoms with Gasteiger partial charge in [-0.3, -0.25) is 9.59 Å². The Balaban J connectivity index is 1.50. The minimum Gasteiger partial charge on any atom is -0.492 e. The van der Waals surface area contributed by atoms with Crippen LogP contribution in [0.15, 0.2) is 42.5 Å². The summed E-state index contributed by atoms with van der Waals surface area (Å²) in [6.45, 7) is 6.48. The first kappa shape index (κ1) is 19.9. The van der Waals surface area contributed by atoms with Gasteiger partial charge in [0.05, 0.1) is 6.54 Å². The second kappa shape index (κ2) is 8.91. The van der Waals surface area contributed by atoms with Crippen molar-refractivity contribution >= 4 is 11.8 Å². The fraction of sp³-hybridized carbons (Fsp3) is 0.391. The molecule has 0 unspecified atom stereocenters. The molecule has 0 aliphatic carbocycles. The van der Waals surface area contributed by atoms with E-state index in [4.69, 9.17) is 4.74 Å². The molecule has 2 aromatic carbocycles. The summed E-state index contributed by atoms with van der Waals surface area (Å²) >= 11 is 0. The number of nitrogens with zero attached hydrogens (tertiary/aromatic N) is 2. The van der Waals surface area contributed by atoms with E-state index in [1.807, 2.05) is 55.1 Å². The average Bonchev–Trinajstić information content (AvgIpc) is 3.05. The van der Waals surface area contributed by atoms with Gasteiger partial charge in [0.15, 0.2) is 0 Å². The molecule has 148 valence electrons. The van der Waals surface area contributed by atoms with Gasteiger partial charge in [-0.2, -0.15) is 0 Å². The number of likely N-dealkylation sites (tertiary alicyclic amines) is 1. The van der Waals surface area contributed by atoms with Gasteiger partial charge in [-0.15, -0.1) is 0 Å². The van der Waals surface area contributed by atoms with Gasteiger partial charge in [-0.25, -0.2) is 0 Å². The molecule has 1 saturated heterocycles. The van der Waals surface area contributed by atoms with Crippen LogP contribution in [-0.4, -0.2) is 48.4 Å². The van der Waals surface area contributed by atoms with Gasteiger partial charge in [0.25, 0.3) is 5.91 Å². The van der Waals surface area contributed by atoms with Crippen LogP contribution in [0.1, 0.15) is 39.9 Å². The molecule has 5 heteroatoms. The Kier molecular flexibility index (Phi) is 6.34. The fourth-order valence-corrected chi connectivity index (χ4v) is 3.48. The predicted molar refractivity (Wildman–Crippen MR) is 109 cm³/mol. The standard InChI is InChI=1S/C23H28N2O3/c1-17-13-18(2)15-21(14-17)28-12-11-24(3)23(27)20-8-6-19(7-9-20)16-25-10-4-5-22(25)26/h6-9,13-15H,4-5,10-12,16H2,1-3H3. The van der Waals surface area contributed by atoms with Crippen molar-refractivity contribution in [3.63, 3.8) is 0 Å². The number of benzene rings is 2. The largest absolute Gasteiger partial charge is 0.492 e. The molecule has 1 aliphatic heterocycles. The molecule has 0 aromatic heterocycles. The number of hydrogen-bond acceptors (Lipinski definition) is 3. The van der Waals surface area contributed by atoms with Crippen molar-refractivity contribution in [1.82, 2.24) is 9.80 Å². The highest BCUT2D eigenvalue weighted by molar-refractivity contribution is 5.94. The summed E-state index contributed by atoms with van der Waals surface area (Å²) < 4.78 is 5.80. The zero-order valence-electron chi connectivity index (χ0n) is 16.9. The van der Waals surface area contributed by atoms with Crippen LogP contribution in [0.3, 0.4) is 0 Å². The van der Waals surface area contributed by atoms with Gasteiger partial charge in [-0.1, -0.05) is 18.2 Å². The van der Waals surface area contributed by atoms with Crippen molar-refractivity contribution in [2.75, 3.05) is 26.7 Å². The molecule has 0 spiro atoms. The van der Waals surface area contributed by atoms with Crippen LogP contribution in [0, 0.1) is 13.8 Å². The van der Waals surface area contributed by atoms with E-state index in [1.54, 1.807) is 11.9 Å². The van der Waals surface area contributed by atoms with Gasteiger partial charge >= 0.3 is 0 Å². The molecule has 2 aromatic rings. The first-order valence-electron chi connectivity index (χ1n) is 9.75. The van der Waals surface area contributed by atoms with Crippen LogP contribution in [-0.2, 0) is 11.3 Å². The van der Waals surface area contributed by atoms with Crippen molar-refractivity contribution in [2.45, 2.75) is 33.2 Å². The zero-order valence-corrected chi connectivity index (χ0v) is 16.9. The van der Waals surface area contributed by atoms with Crippen LogP contribution in [0.25, 0.3) is 0 Å². The van der Waals surface area contributed by atoms with Crippen molar-refractivity contribution in [1.29, 1.82) is 0 Å². The van der Waals surface area contributed by atoms with Crippen LogP contribution in [0.4, 0.5) is 0 Å². The van der Waals surface area contributed by atoms with Crippen molar-refractivity contribution in [2.24, 2.45) is 0 Å². The average molecular weight is 380 g/mol. The summed E-state index contributed by atoms with van der Waals surface area (Å²) in [6.07, 6.45) is 1.58. The lowest BCUT2D eigenvalue weighted by Crippen LogP contribution is -2.31. The van der Waals surface area contributed by atoms with Gasteiger partial charge in [0.2, 0.25) is 5.91 Å². The Hall–Kier alpha value is -2.82. The highest BCUT2D eigenvalue weighted by Crippen LogP contribution is 2.17. The van der Waals surface area contributed by atoms with E-state index in [0.29, 0.717) is 31.7 Å². The van der Waals surface area contributed by atoms with Gasteiger partial charge in [0, 0.05) is 32.1 Å². The highest BCUT2D eigenvalue weighted by atomic mass is 16.5. The van der Waals surface area contributed by atoms with Crippen LogP contribution < -0.4 is 4.74 Å². The van der Waals surface area contributed by atoms with Crippen molar-refractivity contribution in [3.8, 4) is 5.75 Å². The summed E-state index contributed by atoms with van der Waals surface area (Å²) in [5.41, 5.74) is 4.02. The first-order valence-corrected chi connectivity index (χ1v) is 9.75. The molecule has 0 saturated carbocycles. The maximum Gasteiger partial charge on any atom is 0.253 e. The topological polar surface area (TPSA) is 49.9 Å². The lowest BCUT2D eigenvalue weighted by atomic mass is 10.1. The lowest BCUT2D eigenvalue weighted by Gasteiger charge is -2.19. The normalized spacial score (nSPS) is 13.7. The van der Waals surface area contributed by atoms with E-state index in [0.717, 1.165) is 35.4 Å². The van der Waals surface area contributed by atoms with E-state index in [2.05, 4.69) is 6.07 Å². The molecule has 28 heavy (non-hydrogen) atoms. The molecule has 1 aliphatic rings. The van der Waals surface area contributed by atoms with Crippen molar-refractivity contribution < 1.29 is 14.3 Å². The van der Waals surface area contributed by atoms with Crippen LogP contribution in [0.5, 0.6) is 5.75 Å². The predicted octanol–water partition coefficient (Wildman–Crippen LogP) is 3.58. The SMILES string of the molecule is Cc1cc(C)cc(OCCN(C)C(=O)c2ccc(CN3CCCC3=O)cc2)c1. The molecular formula is C23H28N2O3. The van der Waals surface area contributed by atoms with Crippen LogP contribution in [0.2, 0.25) is 0 Å². The van der Waals surface area contributed by atoms with E-state index >= 15 is 0 Å². The maximum absolute atomic E-state index is 12.6. The minimum absolute atomic E-state index is 0.0344. The smallest absolute Gasteiger partial charge is 0.253 e. The maximum atomic E-state index is 12.6. The van der Waals surface area contributed by atoms with Crippen LogP contribution >= 0.6 is 0 Å². The number of carbonyl (C=O) groups is 2. The summed E-state index contributed by atoms with van der Waals surface area (Å²) in [5, 5.41) is 0. The number of amides is 2. The number of hydrogen-bond donors (Lipinski definition) is 0. The second-order valence-electron chi connectivity index (χ2n) is 7.51. The van der Waals surface area contributed by atoms with E-state index in [1.165, 1.54) is 0 Å². The summed E-state index contributed by atoms with van der Waals surface area (Å²) in [4.78, 5) is 27.9. The van der Waals surface area contributed by atoms with E-state index < -0.39 is 0 Å². The number of carbonyl (C=O) groups excluding carboxylic acids is 2. The molecule has 0 N–H and O–H groups in total. The highest BCUT2D eigenvalue weighted by Gasteiger charge is 2.20. The molecule has 0 radical (unpaired) electrons. The molecule has 0 bridgehead atoms. The molecule has 2 amide bonds. The van der Waals surface area contributed by atoms with Crippen molar-refractivity contribution in [3.05, 3.63) is 64.7 Å². The molecule has 0 atom stereocenters. The molecule has 1 heterocycles. The molecule has 3 rings (SSSR count). The summed E-state index contributed by atoms with van der Waals surface area (Å²) in [6, 6.07) is 13.6. The van der Waals surface area contributed by atoms with E-state index in [-0.39, 0.29) is 11.8 Å². The van der Waals surface area contributed by atoms with E-state index in [9.17, 15) is 9.59 Å². The summed E-state index contributed by atoms with van der Waals surface area (Å²) in [5.74, 6) is 1.01. The Labute approximate surface area is 166 Å². The van der Waals surface area contributed by atoms with Gasteiger partial charge < -0.3 is 14.5 Å². The third-order valence-electron chi connectivity index (χ3n) is 4.98. The van der Waals surface area contributed by atoms with Gasteiger partial charge in [-0.05, 0) is 61.2 Å². The minimum atomic E-state index is -0.0344. The third-order valence-corrected chi connectivity index (χ3v) is 4.98. The first-order chi connectivity index (χ1) is 13.4. The number of likely N-dealkylation sites (N-methyl/N-ethyl adjacent to an activating group) is 1. The lowest BCUT2D eigenvalue weighted by molar-refractivity contribution is -0.128. The van der Waals surface area contributed by atoms with Gasteiger partial charge in [0.1, 0.15) is 12.4 Å². The number of ether oxygens (including phenoxy) is 1. The Morgan fingerprint density at radius 1 is 1.11 bits per heavy atom. The Morgan fingerprint density at radius 3 is 2.39 bits per heavy atom. The monoisotopic (exact) mass is 380 g/mol. The molecular weight excluding hydrogens is 352 g/mol.